The summed E-state index contributed by atoms with van der Waals surface area (Å²) in [4.78, 5) is 0. The van der Waals surface area contributed by atoms with Crippen LogP contribution in [0.3, 0.4) is 0 Å². The molecule has 0 bridgehead atoms. The lowest BCUT2D eigenvalue weighted by Crippen LogP contribution is -2.31. The maximum atomic E-state index is 8.96. The molecule has 0 heterocycles. The van der Waals surface area contributed by atoms with Gasteiger partial charge in [0.1, 0.15) is 6.19 Å². The molecule has 0 aromatic heterocycles. The molecule has 0 aromatic rings. The van der Waals surface area contributed by atoms with Gasteiger partial charge in [0.05, 0.1) is 0 Å². The van der Waals surface area contributed by atoms with Crippen LogP contribution < -0.4 is 0 Å². The highest BCUT2D eigenvalue weighted by atomic mass is 16.7. The number of rotatable bonds is 6. The second kappa shape index (κ2) is 6.64. The Morgan fingerprint density at radius 2 is 1.73 bits per heavy atom. The van der Waals surface area contributed by atoms with Gasteiger partial charge in [0.15, 0.2) is 0 Å². The lowest BCUT2D eigenvalue weighted by atomic mass is 9.71. The molecule has 0 spiro atoms. The van der Waals surface area contributed by atoms with E-state index in [1.807, 2.05) is 13.8 Å². The molecule has 0 saturated carbocycles. The van der Waals surface area contributed by atoms with E-state index >= 15 is 0 Å². The van der Waals surface area contributed by atoms with Gasteiger partial charge in [0.2, 0.25) is 7.28 Å². The molecule has 1 atom stereocenters. The summed E-state index contributed by atoms with van der Waals surface area (Å²) in [5.74, 6) is 0. The van der Waals surface area contributed by atoms with Gasteiger partial charge in [-0.1, -0.05) is 0 Å². The largest absolute Gasteiger partial charge is 0.402 e. The molecule has 4 heteroatoms. The van der Waals surface area contributed by atoms with Gasteiger partial charge in [-0.05, 0) is 20.8 Å². The molecule has 0 saturated heterocycles. The number of aliphatic hydroxyl groups excluding tert-OH is 1. The number of ether oxygens (including phenoxy) is 2. The predicted molar refractivity (Wildman–Crippen MR) is 44.5 cm³/mol. The van der Waals surface area contributed by atoms with E-state index in [0.717, 1.165) is 0 Å². The van der Waals surface area contributed by atoms with Gasteiger partial charge < -0.3 is 14.6 Å². The summed E-state index contributed by atoms with van der Waals surface area (Å²) < 4.78 is 10.3. The lowest BCUT2D eigenvalue weighted by molar-refractivity contribution is -0.0849. The summed E-state index contributed by atoms with van der Waals surface area (Å²) in [6, 6.07) is -0.488. The first-order valence-electron chi connectivity index (χ1n) is 3.97. The zero-order valence-electron chi connectivity index (χ0n) is 7.41. The fourth-order valence-corrected chi connectivity index (χ4v) is 0.715. The van der Waals surface area contributed by atoms with Crippen LogP contribution in [-0.4, -0.2) is 37.8 Å². The Morgan fingerprint density at radius 1 is 1.27 bits per heavy atom. The Bertz CT molecular complexity index is 81.8. The van der Waals surface area contributed by atoms with Crippen molar-refractivity contribution in [1.82, 2.24) is 0 Å². The zero-order chi connectivity index (χ0) is 8.69. The van der Waals surface area contributed by atoms with Crippen molar-refractivity contribution in [3.63, 3.8) is 0 Å². The number of aliphatic hydroxyl groups is 1. The molecule has 65 valence electrons. The average molecular weight is 159 g/mol. The molecule has 1 N–H and O–H groups in total. The van der Waals surface area contributed by atoms with Gasteiger partial charge in [-0.3, -0.25) is 0 Å². The van der Waals surface area contributed by atoms with E-state index in [1.54, 1.807) is 14.2 Å². The molecular weight excluding hydrogens is 143 g/mol. The first kappa shape index (κ1) is 10.9. The molecule has 0 aliphatic carbocycles. The summed E-state index contributed by atoms with van der Waals surface area (Å²) in [7, 11) is 1.62. The third-order valence-electron chi connectivity index (χ3n) is 1.10. The van der Waals surface area contributed by atoms with E-state index in [1.165, 1.54) is 0 Å². The van der Waals surface area contributed by atoms with E-state index in [-0.39, 0.29) is 6.19 Å². The summed E-state index contributed by atoms with van der Waals surface area (Å²) in [5, 5.41) is 8.96. The third-order valence-corrected chi connectivity index (χ3v) is 1.10. The summed E-state index contributed by atoms with van der Waals surface area (Å²) in [5.41, 5.74) is 0. The first-order valence-corrected chi connectivity index (χ1v) is 3.97. The SMILES string of the molecule is CCOC([B]C(C)O)OCC. The minimum atomic E-state index is -0.488. The van der Waals surface area contributed by atoms with Crippen molar-refractivity contribution in [2.75, 3.05) is 13.2 Å². The van der Waals surface area contributed by atoms with Crippen molar-refractivity contribution in [2.24, 2.45) is 0 Å². The third kappa shape index (κ3) is 6.35. The average Bonchev–Trinajstić information content (AvgIpc) is 1.87. The molecule has 0 aliphatic heterocycles. The van der Waals surface area contributed by atoms with Crippen molar-refractivity contribution in [3.05, 3.63) is 0 Å². The fraction of sp³-hybridized carbons (Fsp3) is 1.00. The highest BCUT2D eigenvalue weighted by Crippen LogP contribution is 1.95. The van der Waals surface area contributed by atoms with Crippen LogP contribution in [0, 0.1) is 0 Å². The highest BCUT2D eigenvalue weighted by molar-refractivity contribution is 6.38. The molecule has 0 amide bonds. The Balaban J connectivity index is 3.50. The van der Waals surface area contributed by atoms with Crippen molar-refractivity contribution >= 4 is 7.28 Å². The second-order valence-corrected chi connectivity index (χ2v) is 2.21. The fourth-order valence-electron chi connectivity index (χ4n) is 0.715. The van der Waals surface area contributed by atoms with Gasteiger partial charge in [-0.2, -0.15) is 0 Å². The van der Waals surface area contributed by atoms with Crippen LogP contribution in [0.1, 0.15) is 20.8 Å². The molecular formula is C7H16BO3. The number of hydrogen-bond donors (Lipinski definition) is 1. The van der Waals surface area contributed by atoms with Crippen LogP contribution in [0.2, 0.25) is 0 Å². The smallest absolute Gasteiger partial charge is 0.224 e. The molecule has 0 aromatic carbocycles. The normalized spacial score (nSPS) is 13.5. The summed E-state index contributed by atoms with van der Waals surface area (Å²) in [6.45, 7) is 6.64. The molecule has 1 radical (unpaired) electrons. The van der Waals surface area contributed by atoms with Crippen LogP contribution in [-0.2, 0) is 9.47 Å². The van der Waals surface area contributed by atoms with Crippen molar-refractivity contribution < 1.29 is 14.6 Å². The maximum Gasteiger partial charge on any atom is 0.224 e. The van der Waals surface area contributed by atoms with Crippen molar-refractivity contribution in [1.29, 1.82) is 0 Å². The predicted octanol–water partition coefficient (Wildman–Crippen LogP) is 0.385. The topological polar surface area (TPSA) is 38.7 Å². The molecule has 11 heavy (non-hydrogen) atoms. The second-order valence-electron chi connectivity index (χ2n) is 2.21. The quantitative estimate of drug-likeness (QED) is 0.449. The Labute approximate surface area is 68.9 Å². The lowest BCUT2D eigenvalue weighted by Gasteiger charge is -2.16. The minimum Gasteiger partial charge on any atom is -0.402 e. The van der Waals surface area contributed by atoms with E-state index in [2.05, 4.69) is 0 Å². The van der Waals surface area contributed by atoms with E-state index in [4.69, 9.17) is 14.6 Å². The Morgan fingerprint density at radius 3 is 2.00 bits per heavy atom. The minimum absolute atomic E-state index is 0.370. The van der Waals surface area contributed by atoms with E-state index in [0.29, 0.717) is 13.2 Å². The van der Waals surface area contributed by atoms with Crippen LogP contribution in [0.4, 0.5) is 0 Å². The van der Waals surface area contributed by atoms with Gasteiger partial charge in [0, 0.05) is 19.2 Å². The monoisotopic (exact) mass is 159 g/mol. The zero-order valence-corrected chi connectivity index (χ0v) is 7.41. The van der Waals surface area contributed by atoms with Gasteiger partial charge in [-0.15, -0.1) is 0 Å². The van der Waals surface area contributed by atoms with Gasteiger partial charge in [0.25, 0.3) is 0 Å². The Kier molecular flexibility index (Phi) is 6.61. The summed E-state index contributed by atoms with van der Waals surface area (Å²) in [6.07, 6.45) is -0.370. The standard InChI is InChI=1S/C7H16BO3/c1-4-10-7(11-5-2)8-6(3)9/h6-7,9H,4-5H2,1-3H3. The molecule has 0 fully saturated rings. The molecule has 3 nitrogen and oxygen atoms in total. The van der Waals surface area contributed by atoms with Crippen LogP contribution >= 0.6 is 0 Å². The Hall–Kier alpha value is -0.0551. The van der Waals surface area contributed by atoms with Gasteiger partial charge >= 0.3 is 0 Å². The van der Waals surface area contributed by atoms with E-state index < -0.39 is 6.00 Å². The van der Waals surface area contributed by atoms with E-state index in [9.17, 15) is 0 Å². The summed E-state index contributed by atoms with van der Waals surface area (Å²) >= 11 is 0. The maximum absolute atomic E-state index is 8.96. The first-order chi connectivity index (χ1) is 5.20. The van der Waals surface area contributed by atoms with Gasteiger partial charge in [-0.25, -0.2) is 0 Å². The van der Waals surface area contributed by atoms with Crippen LogP contribution in [0.25, 0.3) is 0 Å². The van der Waals surface area contributed by atoms with Crippen molar-refractivity contribution in [2.45, 2.75) is 33.0 Å². The number of hydrogen-bond acceptors (Lipinski definition) is 3. The highest BCUT2D eigenvalue weighted by Gasteiger charge is 2.12. The molecule has 0 rings (SSSR count). The molecule has 1 unspecified atom stereocenters. The molecule has 0 aliphatic rings. The van der Waals surface area contributed by atoms with Crippen LogP contribution in [0.5, 0.6) is 0 Å². The van der Waals surface area contributed by atoms with Crippen molar-refractivity contribution in [3.8, 4) is 0 Å². The van der Waals surface area contributed by atoms with Crippen LogP contribution in [0.15, 0.2) is 0 Å².